The third kappa shape index (κ3) is 1.97. The number of thioether (sulfide) groups is 1. The zero-order valence-corrected chi connectivity index (χ0v) is 5.45. The van der Waals surface area contributed by atoms with Gasteiger partial charge in [-0.15, -0.1) is 0 Å². The lowest BCUT2D eigenvalue weighted by atomic mass is 10.8. The van der Waals surface area contributed by atoms with E-state index in [1.54, 1.807) is 0 Å². The van der Waals surface area contributed by atoms with Gasteiger partial charge in [-0.25, -0.2) is 4.79 Å². The molecule has 0 aromatic heterocycles. The molecule has 0 rings (SSSR count). The van der Waals surface area contributed by atoms with E-state index in [0.29, 0.717) is 0 Å². The summed E-state index contributed by atoms with van der Waals surface area (Å²) >= 11 is 0.844. The Hall–Kier alpha value is -0.510. The van der Waals surface area contributed by atoms with Gasteiger partial charge in [-0.05, 0) is 6.26 Å². The van der Waals surface area contributed by atoms with Crippen LogP contribution >= 0.6 is 11.8 Å². The van der Waals surface area contributed by atoms with Gasteiger partial charge in [0.2, 0.25) is 0 Å². The lowest BCUT2D eigenvalue weighted by Crippen LogP contribution is -2.10. The number of rotatable bonds is 0. The van der Waals surface area contributed by atoms with E-state index in [1.807, 2.05) is 0 Å². The fraction of sp³-hybridized carbons (Fsp3) is 0.500. The smallest absolute Gasteiger partial charge is 0.385 e. The molecule has 0 aromatic rings. The molecule has 0 amide bonds. The highest BCUT2D eigenvalue weighted by Crippen LogP contribution is 1.94. The summed E-state index contributed by atoms with van der Waals surface area (Å²) in [6.45, 7) is 0. The van der Waals surface area contributed by atoms with Gasteiger partial charge >= 0.3 is 5.97 Å². The fourth-order valence-electron chi connectivity index (χ4n) is 0.167. The summed E-state index contributed by atoms with van der Waals surface area (Å²) in [4.78, 5) is 20.4. The molecule has 0 aliphatic carbocycles. The van der Waals surface area contributed by atoms with Crippen LogP contribution in [0.1, 0.15) is 0 Å². The SMILES string of the molecule is COC(=O)C(=O)SC. The van der Waals surface area contributed by atoms with Crippen molar-refractivity contribution in [1.82, 2.24) is 0 Å². The van der Waals surface area contributed by atoms with E-state index in [-0.39, 0.29) is 0 Å². The molecule has 0 bridgehead atoms. The summed E-state index contributed by atoms with van der Waals surface area (Å²) in [5, 5.41) is -0.562. The fourth-order valence-corrected chi connectivity index (χ4v) is 0.417. The number of carbonyl (C=O) groups is 2. The average molecular weight is 134 g/mol. The van der Waals surface area contributed by atoms with Crippen molar-refractivity contribution in [2.75, 3.05) is 13.4 Å². The monoisotopic (exact) mass is 134 g/mol. The predicted octanol–water partition coefficient (Wildman–Crippen LogP) is 0.0490. The van der Waals surface area contributed by atoms with Crippen molar-refractivity contribution in [2.45, 2.75) is 0 Å². The quantitative estimate of drug-likeness (QED) is 0.347. The Morgan fingerprint density at radius 2 is 2.00 bits per heavy atom. The van der Waals surface area contributed by atoms with Crippen LogP contribution in [0.5, 0.6) is 0 Å². The van der Waals surface area contributed by atoms with Crippen LogP contribution < -0.4 is 0 Å². The molecular formula is C4H6O3S. The molecule has 3 nitrogen and oxygen atoms in total. The normalized spacial score (nSPS) is 8.25. The van der Waals surface area contributed by atoms with Crippen molar-refractivity contribution >= 4 is 22.8 Å². The first-order valence-electron chi connectivity index (χ1n) is 1.88. The Labute approximate surface area is 51.4 Å². The van der Waals surface area contributed by atoms with E-state index in [4.69, 9.17) is 0 Å². The van der Waals surface area contributed by atoms with Crippen LogP contribution in [0.3, 0.4) is 0 Å². The molecule has 0 aromatic carbocycles. The predicted molar refractivity (Wildman–Crippen MR) is 30.5 cm³/mol. The van der Waals surface area contributed by atoms with Crippen LogP contribution in [0, 0.1) is 0 Å². The molecule has 0 unspecified atom stereocenters. The van der Waals surface area contributed by atoms with Gasteiger partial charge in [0.05, 0.1) is 7.11 Å². The molecule has 0 aliphatic heterocycles. The molecule has 4 heteroatoms. The summed E-state index contributed by atoms with van der Waals surface area (Å²) < 4.78 is 4.09. The molecule has 0 aliphatic rings. The van der Waals surface area contributed by atoms with Crippen molar-refractivity contribution in [3.63, 3.8) is 0 Å². The van der Waals surface area contributed by atoms with Gasteiger partial charge in [-0.2, -0.15) is 0 Å². The molecule has 0 spiro atoms. The number of methoxy groups -OCH3 is 1. The van der Waals surface area contributed by atoms with Gasteiger partial charge < -0.3 is 4.74 Å². The minimum Gasteiger partial charge on any atom is -0.463 e. The third-order valence-electron chi connectivity index (χ3n) is 0.537. The molecule has 0 saturated carbocycles. The number of esters is 1. The molecule has 0 N–H and O–H groups in total. The highest BCUT2D eigenvalue weighted by molar-refractivity contribution is 8.14. The molecule has 8 heavy (non-hydrogen) atoms. The van der Waals surface area contributed by atoms with Gasteiger partial charge in [-0.3, -0.25) is 4.79 Å². The number of hydrogen-bond donors (Lipinski definition) is 0. The molecule has 0 saturated heterocycles. The van der Waals surface area contributed by atoms with Crippen LogP contribution in [-0.2, 0) is 14.3 Å². The number of hydrogen-bond acceptors (Lipinski definition) is 4. The second-order valence-corrected chi connectivity index (χ2v) is 1.76. The first-order valence-corrected chi connectivity index (χ1v) is 3.11. The molecule has 0 fully saturated rings. The lowest BCUT2D eigenvalue weighted by Gasteiger charge is -1.90. The van der Waals surface area contributed by atoms with Gasteiger partial charge in [0.15, 0.2) is 0 Å². The van der Waals surface area contributed by atoms with E-state index < -0.39 is 11.1 Å². The highest BCUT2D eigenvalue weighted by atomic mass is 32.2. The lowest BCUT2D eigenvalue weighted by molar-refractivity contribution is -0.147. The largest absolute Gasteiger partial charge is 0.463 e. The molecular weight excluding hydrogens is 128 g/mol. The Balaban J connectivity index is 3.64. The maximum Gasteiger partial charge on any atom is 0.385 e. The maximum atomic E-state index is 10.2. The standard InChI is InChI=1S/C4H6O3S/c1-7-3(5)4(6)8-2/h1-2H3. The first-order chi connectivity index (χ1) is 3.72. The second-order valence-electron chi connectivity index (χ2n) is 0.983. The summed E-state index contributed by atoms with van der Waals surface area (Å²) in [5.74, 6) is -0.794. The average Bonchev–Trinajstić information content (AvgIpc) is 1.84. The van der Waals surface area contributed by atoms with E-state index in [1.165, 1.54) is 13.4 Å². The van der Waals surface area contributed by atoms with Crippen LogP contribution in [0.2, 0.25) is 0 Å². The summed E-state index contributed by atoms with van der Waals surface area (Å²) in [6, 6.07) is 0. The first kappa shape index (κ1) is 7.49. The van der Waals surface area contributed by atoms with Crippen LogP contribution in [-0.4, -0.2) is 24.5 Å². The van der Waals surface area contributed by atoms with E-state index in [9.17, 15) is 9.59 Å². The van der Waals surface area contributed by atoms with Crippen molar-refractivity contribution in [3.05, 3.63) is 0 Å². The van der Waals surface area contributed by atoms with E-state index in [0.717, 1.165) is 11.8 Å². The minimum atomic E-state index is -0.794. The second kappa shape index (κ2) is 3.49. The Morgan fingerprint density at radius 1 is 1.50 bits per heavy atom. The Kier molecular flexibility index (Phi) is 3.26. The summed E-state index contributed by atoms with van der Waals surface area (Å²) in [7, 11) is 1.18. The molecule has 0 atom stereocenters. The highest BCUT2D eigenvalue weighted by Gasteiger charge is 2.09. The van der Waals surface area contributed by atoms with E-state index >= 15 is 0 Å². The van der Waals surface area contributed by atoms with Crippen LogP contribution in [0.4, 0.5) is 0 Å². The van der Waals surface area contributed by atoms with Gasteiger partial charge in [-0.1, -0.05) is 11.8 Å². The summed E-state index contributed by atoms with van der Waals surface area (Å²) in [6.07, 6.45) is 1.53. The van der Waals surface area contributed by atoms with Crippen molar-refractivity contribution in [1.29, 1.82) is 0 Å². The van der Waals surface area contributed by atoms with E-state index in [2.05, 4.69) is 4.74 Å². The zero-order valence-electron chi connectivity index (χ0n) is 4.63. The van der Waals surface area contributed by atoms with Crippen LogP contribution in [0.25, 0.3) is 0 Å². The van der Waals surface area contributed by atoms with Gasteiger partial charge in [0.1, 0.15) is 0 Å². The minimum absolute atomic E-state index is 0.562. The Morgan fingerprint density at radius 3 is 2.12 bits per heavy atom. The molecule has 46 valence electrons. The van der Waals surface area contributed by atoms with Gasteiger partial charge in [0.25, 0.3) is 5.12 Å². The third-order valence-corrected chi connectivity index (χ3v) is 1.07. The number of carbonyl (C=O) groups excluding carboxylic acids is 2. The van der Waals surface area contributed by atoms with Crippen molar-refractivity contribution in [2.24, 2.45) is 0 Å². The molecule has 0 radical (unpaired) electrons. The maximum absolute atomic E-state index is 10.2. The molecule has 0 heterocycles. The van der Waals surface area contributed by atoms with Gasteiger partial charge in [0, 0.05) is 0 Å². The van der Waals surface area contributed by atoms with Crippen molar-refractivity contribution < 1.29 is 14.3 Å². The van der Waals surface area contributed by atoms with Crippen molar-refractivity contribution in [3.8, 4) is 0 Å². The van der Waals surface area contributed by atoms with Crippen LogP contribution in [0.15, 0.2) is 0 Å². The number of ether oxygens (including phenoxy) is 1. The topological polar surface area (TPSA) is 43.4 Å². The summed E-state index contributed by atoms with van der Waals surface area (Å²) in [5.41, 5.74) is 0. The zero-order chi connectivity index (χ0) is 6.57. The Bertz CT molecular complexity index is 95.9.